The SMILES string of the molecule is COc1cc(/C=C/c2cccc(-c3ccccc3)c2C)cc(OC)c1CNC(C)C(=O)O. The molecule has 0 saturated heterocycles. The van der Waals surface area contributed by atoms with Crippen molar-refractivity contribution in [2.45, 2.75) is 26.4 Å². The van der Waals surface area contributed by atoms with E-state index >= 15 is 0 Å². The summed E-state index contributed by atoms with van der Waals surface area (Å²) >= 11 is 0. The van der Waals surface area contributed by atoms with Crippen LogP contribution in [0.2, 0.25) is 0 Å². The molecule has 0 amide bonds. The Morgan fingerprint density at radius 3 is 2.25 bits per heavy atom. The van der Waals surface area contributed by atoms with E-state index in [4.69, 9.17) is 14.6 Å². The minimum absolute atomic E-state index is 0.321. The van der Waals surface area contributed by atoms with E-state index in [1.54, 1.807) is 21.1 Å². The molecule has 3 aromatic carbocycles. The van der Waals surface area contributed by atoms with Crippen LogP contribution in [0, 0.1) is 6.92 Å². The van der Waals surface area contributed by atoms with E-state index in [9.17, 15) is 4.79 Å². The molecule has 0 saturated carbocycles. The molecule has 0 bridgehead atoms. The number of carbonyl (C=O) groups is 1. The van der Waals surface area contributed by atoms with Crippen molar-refractivity contribution in [3.8, 4) is 22.6 Å². The number of hydrogen-bond acceptors (Lipinski definition) is 4. The van der Waals surface area contributed by atoms with E-state index < -0.39 is 12.0 Å². The van der Waals surface area contributed by atoms with E-state index in [0.717, 1.165) is 16.7 Å². The molecule has 0 aliphatic heterocycles. The second-order valence-electron chi connectivity index (χ2n) is 7.56. The van der Waals surface area contributed by atoms with Crippen molar-refractivity contribution in [2.75, 3.05) is 14.2 Å². The van der Waals surface area contributed by atoms with Crippen LogP contribution in [-0.2, 0) is 11.3 Å². The van der Waals surface area contributed by atoms with E-state index in [1.165, 1.54) is 16.7 Å². The molecule has 3 rings (SSSR count). The van der Waals surface area contributed by atoms with Gasteiger partial charge in [-0.3, -0.25) is 4.79 Å². The molecule has 1 atom stereocenters. The van der Waals surface area contributed by atoms with Crippen LogP contribution < -0.4 is 14.8 Å². The summed E-state index contributed by atoms with van der Waals surface area (Å²) in [4.78, 5) is 11.1. The van der Waals surface area contributed by atoms with Gasteiger partial charge in [-0.15, -0.1) is 0 Å². The Morgan fingerprint density at radius 1 is 1.00 bits per heavy atom. The van der Waals surface area contributed by atoms with Crippen LogP contribution in [0.15, 0.2) is 60.7 Å². The molecule has 5 nitrogen and oxygen atoms in total. The highest BCUT2D eigenvalue weighted by molar-refractivity contribution is 5.78. The third-order valence-corrected chi connectivity index (χ3v) is 5.50. The summed E-state index contributed by atoms with van der Waals surface area (Å²) < 4.78 is 11.1. The first kappa shape index (κ1) is 23.1. The highest BCUT2D eigenvalue weighted by Crippen LogP contribution is 2.32. The first-order valence-electron chi connectivity index (χ1n) is 10.5. The van der Waals surface area contributed by atoms with Crippen LogP contribution in [0.3, 0.4) is 0 Å². The lowest BCUT2D eigenvalue weighted by Crippen LogP contribution is -2.33. The van der Waals surface area contributed by atoms with Gasteiger partial charge in [0.05, 0.1) is 14.2 Å². The van der Waals surface area contributed by atoms with E-state index in [-0.39, 0.29) is 0 Å². The van der Waals surface area contributed by atoms with E-state index in [1.807, 2.05) is 36.4 Å². The van der Waals surface area contributed by atoms with Gasteiger partial charge in [-0.25, -0.2) is 0 Å². The summed E-state index contributed by atoms with van der Waals surface area (Å²) in [5.74, 6) is 0.378. The normalized spacial score (nSPS) is 12.0. The van der Waals surface area contributed by atoms with Crippen molar-refractivity contribution in [1.29, 1.82) is 0 Å². The monoisotopic (exact) mass is 431 g/mol. The number of nitrogens with one attached hydrogen (secondary N) is 1. The van der Waals surface area contributed by atoms with Gasteiger partial charge in [0.2, 0.25) is 0 Å². The third-order valence-electron chi connectivity index (χ3n) is 5.50. The summed E-state index contributed by atoms with van der Waals surface area (Å²) in [6, 6.07) is 19.8. The number of hydrogen-bond donors (Lipinski definition) is 2. The Bertz CT molecular complexity index is 1080. The van der Waals surface area contributed by atoms with Crippen molar-refractivity contribution in [3.05, 3.63) is 82.9 Å². The van der Waals surface area contributed by atoms with Gasteiger partial charge in [0.15, 0.2) is 0 Å². The lowest BCUT2D eigenvalue weighted by molar-refractivity contribution is -0.139. The van der Waals surface area contributed by atoms with Crippen LogP contribution in [-0.4, -0.2) is 31.3 Å². The maximum Gasteiger partial charge on any atom is 0.320 e. The molecule has 1 unspecified atom stereocenters. The fourth-order valence-corrected chi connectivity index (χ4v) is 3.57. The quantitative estimate of drug-likeness (QED) is 0.443. The number of carboxylic acids is 1. The molecule has 5 heteroatoms. The summed E-state index contributed by atoms with van der Waals surface area (Å²) in [7, 11) is 3.19. The first-order chi connectivity index (χ1) is 15.4. The number of ether oxygens (including phenoxy) is 2. The number of carboxylic acid groups (broad SMARTS) is 1. The lowest BCUT2D eigenvalue weighted by Gasteiger charge is -2.16. The summed E-state index contributed by atoms with van der Waals surface area (Å²) in [6.07, 6.45) is 4.11. The van der Waals surface area contributed by atoms with Crippen molar-refractivity contribution < 1.29 is 19.4 Å². The van der Waals surface area contributed by atoms with Gasteiger partial charge >= 0.3 is 5.97 Å². The molecule has 2 N–H and O–H groups in total. The van der Waals surface area contributed by atoms with Gasteiger partial charge in [-0.1, -0.05) is 60.7 Å². The molecule has 32 heavy (non-hydrogen) atoms. The van der Waals surface area contributed by atoms with Gasteiger partial charge in [0, 0.05) is 12.1 Å². The molecular formula is C27H29NO4. The maximum absolute atomic E-state index is 11.1. The molecule has 0 spiro atoms. The zero-order valence-electron chi connectivity index (χ0n) is 18.9. The summed E-state index contributed by atoms with van der Waals surface area (Å²) in [5.41, 5.74) is 6.44. The average Bonchev–Trinajstić information content (AvgIpc) is 2.82. The maximum atomic E-state index is 11.1. The molecule has 0 aliphatic rings. The van der Waals surface area contributed by atoms with Crippen LogP contribution >= 0.6 is 0 Å². The highest BCUT2D eigenvalue weighted by atomic mass is 16.5. The van der Waals surface area contributed by atoms with Crippen molar-refractivity contribution in [1.82, 2.24) is 5.32 Å². The topological polar surface area (TPSA) is 67.8 Å². The van der Waals surface area contributed by atoms with Gasteiger partial charge in [-0.2, -0.15) is 0 Å². The summed E-state index contributed by atoms with van der Waals surface area (Å²) in [5, 5.41) is 12.1. The van der Waals surface area contributed by atoms with Gasteiger partial charge in [-0.05, 0) is 53.8 Å². The fourth-order valence-electron chi connectivity index (χ4n) is 3.57. The Kier molecular flexibility index (Phi) is 7.68. The van der Waals surface area contributed by atoms with E-state index in [2.05, 4.69) is 48.6 Å². The second-order valence-corrected chi connectivity index (χ2v) is 7.56. The predicted octanol–water partition coefficient (Wildman–Crippen LogP) is 5.41. The molecule has 0 aromatic heterocycles. The Morgan fingerprint density at radius 2 is 1.66 bits per heavy atom. The first-order valence-corrected chi connectivity index (χ1v) is 10.5. The zero-order valence-corrected chi connectivity index (χ0v) is 18.9. The minimum atomic E-state index is -0.907. The molecular weight excluding hydrogens is 402 g/mol. The van der Waals surface area contributed by atoms with Crippen LogP contribution in [0.5, 0.6) is 11.5 Å². The number of rotatable bonds is 9. The number of methoxy groups -OCH3 is 2. The standard InChI is InChI=1S/C27H29NO4/c1-18-21(11-8-12-23(18)22-9-6-5-7-10-22)14-13-20-15-25(31-3)24(26(16-20)32-4)17-28-19(2)27(29)30/h5-16,19,28H,17H2,1-4H3,(H,29,30)/b14-13+. The largest absolute Gasteiger partial charge is 0.496 e. The minimum Gasteiger partial charge on any atom is -0.496 e. The van der Waals surface area contributed by atoms with Crippen molar-refractivity contribution >= 4 is 18.1 Å². The fraction of sp³-hybridized carbons (Fsp3) is 0.222. The third kappa shape index (κ3) is 5.37. The van der Waals surface area contributed by atoms with Gasteiger partial charge in [0.1, 0.15) is 17.5 Å². The second kappa shape index (κ2) is 10.6. The smallest absolute Gasteiger partial charge is 0.320 e. The number of aliphatic carboxylic acids is 1. The molecule has 0 heterocycles. The molecule has 0 radical (unpaired) electrons. The van der Waals surface area contributed by atoms with Gasteiger partial charge in [0.25, 0.3) is 0 Å². The molecule has 3 aromatic rings. The molecule has 0 fully saturated rings. The Balaban J connectivity index is 1.90. The lowest BCUT2D eigenvalue weighted by atomic mass is 9.96. The van der Waals surface area contributed by atoms with Crippen molar-refractivity contribution in [3.63, 3.8) is 0 Å². The zero-order chi connectivity index (χ0) is 23.1. The van der Waals surface area contributed by atoms with E-state index in [0.29, 0.717) is 18.0 Å². The number of benzene rings is 3. The molecule has 166 valence electrons. The van der Waals surface area contributed by atoms with Gasteiger partial charge < -0.3 is 19.9 Å². The van der Waals surface area contributed by atoms with Crippen LogP contribution in [0.1, 0.15) is 29.2 Å². The summed E-state index contributed by atoms with van der Waals surface area (Å²) in [6.45, 7) is 4.05. The van der Waals surface area contributed by atoms with Crippen molar-refractivity contribution in [2.24, 2.45) is 0 Å². The average molecular weight is 432 g/mol. The van der Waals surface area contributed by atoms with Crippen LogP contribution in [0.25, 0.3) is 23.3 Å². The highest BCUT2D eigenvalue weighted by Gasteiger charge is 2.16. The Labute approximate surface area is 189 Å². The van der Waals surface area contributed by atoms with Crippen LogP contribution in [0.4, 0.5) is 0 Å². The Hall–Kier alpha value is -3.57. The molecule has 0 aliphatic carbocycles. The predicted molar refractivity (Wildman–Crippen MR) is 129 cm³/mol.